The Hall–Kier alpha value is -1.84. The topological polar surface area (TPSA) is 46.6 Å². The average molecular weight is 245 g/mol. The molecule has 2 amide bonds. The molecule has 0 radical (unpaired) electrons. The van der Waals surface area contributed by atoms with Gasteiger partial charge in [0.1, 0.15) is 12.6 Å². The summed E-state index contributed by atoms with van der Waals surface area (Å²) in [4.78, 5) is 25.1. The van der Waals surface area contributed by atoms with E-state index in [2.05, 4.69) is 0 Å². The molecule has 1 saturated heterocycles. The number of imide groups is 1. The second-order valence-electron chi connectivity index (χ2n) is 4.91. The minimum Gasteiger partial charge on any atom is -0.446 e. The van der Waals surface area contributed by atoms with Gasteiger partial charge in [-0.2, -0.15) is 0 Å². The summed E-state index contributed by atoms with van der Waals surface area (Å²) in [5, 5.41) is 0. The van der Waals surface area contributed by atoms with Crippen LogP contribution in [0.15, 0.2) is 30.3 Å². The third-order valence-electron chi connectivity index (χ3n) is 3.49. The SMILES string of the molecule is O=C(CC1CC1)N1C(=O)OC[C@H]1c1ccccc1. The quantitative estimate of drug-likeness (QED) is 0.822. The summed E-state index contributed by atoms with van der Waals surface area (Å²) in [5.41, 5.74) is 0.951. The second-order valence-corrected chi connectivity index (χ2v) is 4.91. The first-order chi connectivity index (χ1) is 8.75. The maximum Gasteiger partial charge on any atom is 0.417 e. The van der Waals surface area contributed by atoms with E-state index < -0.39 is 6.09 Å². The standard InChI is InChI=1S/C14H15NO3/c16-13(8-10-6-7-10)15-12(9-18-14(15)17)11-4-2-1-3-5-11/h1-5,10,12H,6-9H2/t12-/m0/s1. The van der Waals surface area contributed by atoms with E-state index in [1.807, 2.05) is 30.3 Å². The monoisotopic (exact) mass is 245 g/mol. The molecular formula is C14H15NO3. The van der Waals surface area contributed by atoms with Gasteiger partial charge in [0, 0.05) is 6.42 Å². The fourth-order valence-corrected chi connectivity index (χ4v) is 2.28. The lowest BCUT2D eigenvalue weighted by atomic mass is 10.1. The van der Waals surface area contributed by atoms with Crippen molar-refractivity contribution in [3.8, 4) is 0 Å². The van der Waals surface area contributed by atoms with Crippen LogP contribution in [-0.2, 0) is 9.53 Å². The molecule has 1 aliphatic heterocycles. The number of nitrogens with zero attached hydrogens (tertiary/aromatic N) is 1. The molecular weight excluding hydrogens is 230 g/mol. The van der Waals surface area contributed by atoms with Crippen molar-refractivity contribution in [2.75, 3.05) is 6.61 Å². The van der Waals surface area contributed by atoms with Crippen LogP contribution in [0.1, 0.15) is 30.9 Å². The van der Waals surface area contributed by atoms with Crippen molar-refractivity contribution >= 4 is 12.0 Å². The van der Waals surface area contributed by atoms with E-state index in [0.717, 1.165) is 18.4 Å². The van der Waals surface area contributed by atoms with E-state index in [1.165, 1.54) is 4.90 Å². The van der Waals surface area contributed by atoms with Crippen LogP contribution in [0.4, 0.5) is 4.79 Å². The van der Waals surface area contributed by atoms with Gasteiger partial charge in [0.25, 0.3) is 0 Å². The van der Waals surface area contributed by atoms with Crippen LogP contribution in [0.3, 0.4) is 0 Å². The Bertz CT molecular complexity index is 467. The summed E-state index contributed by atoms with van der Waals surface area (Å²) in [6, 6.07) is 9.31. The molecule has 0 bridgehead atoms. The number of hydrogen-bond donors (Lipinski definition) is 0. The van der Waals surface area contributed by atoms with E-state index in [9.17, 15) is 9.59 Å². The van der Waals surface area contributed by atoms with Crippen molar-refractivity contribution in [2.24, 2.45) is 5.92 Å². The summed E-state index contributed by atoms with van der Waals surface area (Å²) < 4.78 is 5.02. The summed E-state index contributed by atoms with van der Waals surface area (Å²) >= 11 is 0. The van der Waals surface area contributed by atoms with Gasteiger partial charge in [-0.25, -0.2) is 9.69 Å². The molecule has 18 heavy (non-hydrogen) atoms. The van der Waals surface area contributed by atoms with Crippen molar-refractivity contribution in [3.63, 3.8) is 0 Å². The third kappa shape index (κ3) is 2.10. The van der Waals surface area contributed by atoms with E-state index in [1.54, 1.807) is 0 Å². The molecule has 4 heteroatoms. The maximum atomic E-state index is 12.1. The zero-order chi connectivity index (χ0) is 12.5. The van der Waals surface area contributed by atoms with Crippen molar-refractivity contribution < 1.29 is 14.3 Å². The van der Waals surface area contributed by atoms with Gasteiger partial charge < -0.3 is 4.74 Å². The van der Waals surface area contributed by atoms with Crippen LogP contribution >= 0.6 is 0 Å². The number of rotatable bonds is 3. The highest BCUT2D eigenvalue weighted by atomic mass is 16.6. The molecule has 2 fully saturated rings. The second kappa shape index (κ2) is 4.44. The minimum absolute atomic E-state index is 0.103. The molecule has 1 heterocycles. The molecule has 1 aromatic rings. The Morgan fingerprint density at radius 1 is 1.28 bits per heavy atom. The van der Waals surface area contributed by atoms with Crippen LogP contribution in [0.25, 0.3) is 0 Å². The number of carbonyl (C=O) groups excluding carboxylic acids is 2. The Kier molecular flexibility index (Phi) is 2.78. The Morgan fingerprint density at radius 3 is 2.67 bits per heavy atom. The smallest absolute Gasteiger partial charge is 0.417 e. The number of ether oxygens (including phenoxy) is 1. The van der Waals surface area contributed by atoms with Gasteiger partial charge in [0.05, 0.1) is 0 Å². The molecule has 0 aromatic heterocycles. The summed E-state index contributed by atoms with van der Waals surface area (Å²) in [7, 11) is 0. The largest absolute Gasteiger partial charge is 0.446 e. The predicted octanol–water partition coefficient (Wildman–Crippen LogP) is 2.51. The maximum absolute atomic E-state index is 12.1. The number of cyclic esters (lactones) is 1. The van der Waals surface area contributed by atoms with Gasteiger partial charge in [-0.05, 0) is 24.3 Å². The first kappa shape index (κ1) is 11.3. The first-order valence-corrected chi connectivity index (χ1v) is 6.29. The highest BCUT2D eigenvalue weighted by Gasteiger charge is 2.40. The minimum atomic E-state index is -0.505. The molecule has 94 valence electrons. The molecule has 3 rings (SSSR count). The number of amides is 2. The van der Waals surface area contributed by atoms with Gasteiger partial charge >= 0.3 is 6.09 Å². The molecule has 4 nitrogen and oxygen atoms in total. The van der Waals surface area contributed by atoms with Gasteiger partial charge in [0.15, 0.2) is 0 Å². The summed E-state index contributed by atoms with van der Waals surface area (Å²) in [6.45, 7) is 0.263. The van der Waals surface area contributed by atoms with Gasteiger partial charge in [-0.1, -0.05) is 30.3 Å². The molecule has 0 N–H and O–H groups in total. The lowest BCUT2D eigenvalue weighted by Crippen LogP contribution is -2.34. The van der Waals surface area contributed by atoms with E-state index in [0.29, 0.717) is 12.3 Å². The van der Waals surface area contributed by atoms with Crippen molar-refractivity contribution in [3.05, 3.63) is 35.9 Å². The zero-order valence-electron chi connectivity index (χ0n) is 10.0. The molecule has 2 aliphatic rings. The van der Waals surface area contributed by atoms with Crippen molar-refractivity contribution in [1.29, 1.82) is 0 Å². The van der Waals surface area contributed by atoms with Crippen LogP contribution in [0.2, 0.25) is 0 Å². The molecule has 1 saturated carbocycles. The lowest BCUT2D eigenvalue weighted by molar-refractivity contribution is -0.129. The highest BCUT2D eigenvalue weighted by molar-refractivity contribution is 5.93. The fraction of sp³-hybridized carbons (Fsp3) is 0.429. The Morgan fingerprint density at radius 2 is 2.00 bits per heavy atom. The Labute approximate surface area is 106 Å². The average Bonchev–Trinajstić information content (AvgIpc) is 3.10. The molecule has 0 unspecified atom stereocenters. The first-order valence-electron chi connectivity index (χ1n) is 6.29. The van der Waals surface area contributed by atoms with Crippen LogP contribution in [-0.4, -0.2) is 23.5 Å². The van der Waals surface area contributed by atoms with Crippen molar-refractivity contribution in [2.45, 2.75) is 25.3 Å². The van der Waals surface area contributed by atoms with Crippen molar-refractivity contribution in [1.82, 2.24) is 4.90 Å². The van der Waals surface area contributed by atoms with Crippen LogP contribution in [0, 0.1) is 5.92 Å². The molecule has 1 atom stereocenters. The van der Waals surface area contributed by atoms with E-state index >= 15 is 0 Å². The summed E-state index contributed by atoms with van der Waals surface area (Å²) in [6.07, 6.45) is 2.17. The third-order valence-corrected chi connectivity index (χ3v) is 3.49. The fourth-order valence-electron chi connectivity index (χ4n) is 2.28. The van der Waals surface area contributed by atoms with Gasteiger partial charge in [-0.3, -0.25) is 4.79 Å². The Balaban J connectivity index is 1.80. The predicted molar refractivity (Wildman–Crippen MR) is 64.7 cm³/mol. The highest BCUT2D eigenvalue weighted by Crippen LogP contribution is 2.35. The molecule has 1 aromatic carbocycles. The zero-order valence-corrected chi connectivity index (χ0v) is 10.0. The van der Waals surface area contributed by atoms with Gasteiger partial charge in [-0.15, -0.1) is 0 Å². The molecule has 0 spiro atoms. The van der Waals surface area contributed by atoms with E-state index in [-0.39, 0.29) is 18.6 Å². The lowest BCUT2D eigenvalue weighted by Gasteiger charge is -2.19. The normalized spacial score (nSPS) is 23.0. The van der Waals surface area contributed by atoms with Crippen LogP contribution < -0.4 is 0 Å². The number of benzene rings is 1. The number of hydrogen-bond acceptors (Lipinski definition) is 3. The summed E-state index contributed by atoms with van der Waals surface area (Å²) in [5.74, 6) is 0.371. The number of carbonyl (C=O) groups is 2. The van der Waals surface area contributed by atoms with Crippen LogP contribution in [0.5, 0.6) is 0 Å². The van der Waals surface area contributed by atoms with Gasteiger partial charge in [0.2, 0.25) is 5.91 Å². The van der Waals surface area contributed by atoms with E-state index in [4.69, 9.17) is 4.74 Å². The molecule has 1 aliphatic carbocycles.